The second-order valence-corrected chi connectivity index (χ2v) is 3.83. The number of allylic oxidation sites excluding steroid dienone is 3. The van der Waals surface area contributed by atoms with Crippen LogP contribution in [0.25, 0.3) is 0 Å². The predicted octanol–water partition coefficient (Wildman–Crippen LogP) is 2.27. The first-order valence-corrected chi connectivity index (χ1v) is 4.96. The molecule has 0 radical (unpaired) electrons. The van der Waals surface area contributed by atoms with Crippen LogP contribution in [0.5, 0.6) is 0 Å². The number of hydrogen-bond donors (Lipinski definition) is 1. The highest BCUT2D eigenvalue weighted by Gasteiger charge is 2.22. The van der Waals surface area contributed by atoms with Gasteiger partial charge in [-0.1, -0.05) is 16.8 Å². The van der Waals surface area contributed by atoms with Crippen molar-refractivity contribution in [3.05, 3.63) is 23.3 Å². The molecule has 1 atom stereocenters. The fourth-order valence-electron chi connectivity index (χ4n) is 2.13. The Kier molecular flexibility index (Phi) is 2.68. The van der Waals surface area contributed by atoms with Crippen molar-refractivity contribution in [2.45, 2.75) is 31.8 Å². The molecule has 2 aliphatic rings. The molecular weight excluding hydrogens is 178 g/mol. The number of ether oxygens (including phenoxy) is 1. The zero-order valence-electron chi connectivity index (χ0n) is 8.36. The van der Waals surface area contributed by atoms with E-state index in [1.807, 2.05) is 6.08 Å². The second kappa shape index (κ2) is 3.96. The van der Waals surface area contributed by atoms with Crippen molar-refractivity contribution in [2.75, 3.05) is 7.11 Å². The van der Waals surface area contributed by atoms with Gasteiger partial charge in [0.2, 0.25) is 0 Å². The van der Waals surface area contributed by atoms with Crippen molar-refractivity contribution in [3.63, 3.8) is 0 Å². The Morgan fingerprint density at radius 2 is 2.36 bits per heavy atom. The highest BCUT2D eigenvalue weighted by molar-refractivity contribution is 5.98. The smallest absolute Gasteiger partial charge is 0.0836 e. The summed E-state index contributed by atoms with van der Waals surface area (Å²) >= 11 is 0. The molecule has 0 aromatic heterocycles. The lowest BCUT2D eigenvalue weighted by atomic mass is 9.84. The van der Waals surface area contributed by atoms with E-state index in [0.29, 0.717) is 6.10 Å². The summed E-state index contributed by atoms with van der Waals surface area (Å²) in [5.41, 5.74) is 3.53. The van der Waals surface area contributed by atoms with Crippen LogP contribution in [0.15, 0.2) is 28.5 Å². The average molecular weight is 193 g/mol. The third-order valence-electron chi connectivity index (χ3n) is 3.00. The van der Waals surface area contributed by atoms with Crippen LogP contribution in [-0.2, 0) is 4.74 Å². The highest BCUT2D eigenvalue weighted by atomic mass is 16.5. The molecule has 0 spiro atoms. The molecule has 0 aromatic carbocycles. The number of methoxy groups -OCH3 is 1. The third-order valence-corrected chi connectivity index (χ3v) is 3.00. The Morgan fingerprint density at radius 3 is 3.07 bits per heavy atom. The summed E-state index contributed by atoms with van der Waals surface area (Å²) in [4.78, 5) is 0. The molecule has 0 saturated heterocycles. The van der Waals surface area contributed by atoms with Crippen LogP contribution >= 0.6 is 0 Å². The first-order chi connectivity index (χ1) is 6.83. The lowest BCUT2D eigenvalue weighted by Gasteiger charge is -2.27. The summed E-state index contributed by atoms with van der Waals surface area (Å²) in [5, 5.41) is 11.9. The van der Waals surface area contributed by atoms with Crippen molar-refractivity contribution in [1.29, 1.82) is 0 Å². The Labute approximate surface area is 83.8 Å². The van der Waals surface area contributed by atoms with Crippen molar-refractivity contribution < 1.29 is 9.94 Å². The summed E-state index contributed by atoms with van der Waals surface area (Å²) in [6, 6.07) is 0. The van der Waals surface area contributed by atoms with Crippen LogP contribution in [0.2, 0.25) is 0 Å². The van der Waals surface area contributed by atoms with Gasteiger partial charge in [0, 0.05) is 13.5 Å². The molecule has 76 valence electrons. The van der Waals surface area contributed by atoms with Gasteiger partial charge in [-0.3, -0.25) is 0 Å². The van der Waals surface area contributed by atoms with E-state index in [1.165, 1.54) is 11.1 Å². The van der Waals surface area contributed by atoms with Gasteiger partial charge in [-0.25, -0.2) is 0 Å². The minimum absolute atomic E-state index is 0.347. The molecule has 1 unspecified atom stereocenters. The Hall–Kier alpha value is -1.09. The number of rotatable bonds is 1. The normalized spacial score (nSPS) is 29.5. The monoisotopic (exact) mass is 193 g/mol. The maximum Gasteiger partial charge on any atom is 0.0836 e. The number of hydrogen-bond acceptors (Lipinski definition) is 3. The molecule has 3 nitrogen and oxygen atoms in total. The molecule has 14 heavy (non-hydrogen) atoms. The van der Waals surface area contributed by atoms with E-state index in [1.54, 1.807) is 7.11 Å². The summed E-state index contributed by atoms with van der Waals surface area (Å²) in [6.07, 6.45) is 8.26. The molecule has 0 aromatic rings. The minimum atomic E-state index is 0.347. The first kappa shape index (κ1) is 9.46. The average Bonchev–Trinajstić information content (AvgIpc) is 2.27. The van der Waals surface area contributed by atoms with Gasteiger partial charge in [-0.2, -0.15) is 0 Å². The third kappa shape index (κ3) is 1.73. The molecule has 0 aliphatic heterocycles. The largest absolute Gasteiger partial charge is 0.411 e. The van der Waals surface area contributed by atoms with Gasteiger partial charge in [-0.15, -0.1) is 0 Å². The van der Waals surface area contributed by atoms with E-state index in [-0.39, 0.29) is 0 Å². The van der Waals surface area contributed by atoms with Gasteiger partial charge in [0.1, 0.15) is 0 Å². The lowest BCUT2D eigenvalue weighted by molar-refractivity contribution is 0.0911. The van der Waals surface area contributed by atoms with Crippen LogP contribution in [0, 0.1) is 0 Å². The zero-order valence-corrected chi connectivity index (χ0v) is 8.36. The van der Waals surface area contributed by atoms with E-state index >= 15 is 0 Å². The fourth-order valence-corrected chi connectivity index (χ4v) is 2.13. The van der Waals surface area contributed by atoms with Gasteiger partial charge < -0.3 is 9.94 Å². The molecule has 0 amide bonds. The molecule has 1 N–H and O–H groups in total. The molecule has 0 heterocycles. The Morgan fingerprint density at radius 1 is 1.50 bits per heavy atom. The van der Waals surface area contributed by atoms with Gasteiger partial charge in [-0.05, 0) is 30.9 Å². The first-order valence-electron chi connectivity index (χ1n) is 4.96. The summed E-state index contributed by atoms with van der Waals surface area (Å²) in [7, 11) is 1.76. The molecule has 2 aliphatic carbocycles. The van der Waals surface area contributed by atoms with Crippen molar-refractivity contribution in [2.24, 2.45) is 5.16 Å². The fraction of sp³-hybridized carbons (Fsp3) is 0.545. The van der Waals surface area contributed by atoms with E-state index in [0.717, 1.165) is 31.4 Å². The lowest BCUT2D eigenvalue weighted by Crippen LogP contribution is -2.20. The van der Waals surface area contributed by atoms with Crippen LogP contribution in [-0.4, -0.2) is 24.1 Å². The second-order valence-electron chi connectivity index (χ2n) is 3.83. The van der Waals surface area contributed by atoms with Gasteiger partial charge in [0.15, 0.2) is 0 Å². The van der Waals surface area contributed by atoms with E-state index in [2.05, 4.69) is 11.2 Å². The van der Waals surface area contributed by atoms with Crippen LogP contribution in [0.3, 0.4) is 0 Å². The molecule has 0 bridgehead atoms. The summed E-state index contributed by atoms with van der Waals surface area (Å²) < 4.78 is 5.35. The SMILES string of the molecule is COC1CCC2=C(CC(=NO)C=C2)C1. The molecule has 0 fully saturated rings. The quantitative estimate of drug-likeness (QED) is 0.512. The zero-order chi connectivity index (χ0) is 9.97. The predicted molar refractivity (Wildman–Crippen MR) is 54.7 cm³/mol. The van der Waals surface area contributed by atoms with Crippen molar-refractivity contribution >= 4 is 5.71 Å². The van der Waals surface area contributed by atoms with Crippen LogP contribution in [0.4, 0.5) is 0 Å². The van der Waals surface area contributed by atoms with Gasteiger partial charge in [0.05, 0.1) is 11.8 Å². The van der Waals surface area contributed by atoms with Gasteiger partial charge >= 0.3 is 0 Å². The Balaban J connectivity index is 2.15. The van der Waals surface area contributed by atoms with Crippen molar-refractivity contribution in [1.82, 2.24) is 0 Å². The van der Waals surface area contributed by atoms with E-state index in [4.69, 9.17) is 9.94 Å². The maximum absolute atomic E-state index is 8.69. The Bertz CT molecular complexity index is 315. The molecule has 3 heteroatoms. The summed E-state index contributed by atoms with van der Waals surface area (Å²) in [5.74, 6) is 0. The summed E-state index contributed by atoms with van der Waals surface area (Å²) in [6.45, 7) is 0. The number of nitrogens with zero attached hydrogens (tertiary/aromatic N) is 1. The molecule has 0 saturated carbocycles. The standard InChI is InChI=1S/C11H15NO2/c1-14-11-5-3-8-2-4-10(12-13)6-9(8)7-11/h2,4,11,13H,3,5-7H2,1H3. The number of oxime groups is 1. The maximum atomic E-state index is 8.69. The topological polar surface area (TPSA) is 41.8 Å². The minimum Gasteiger partial charge on any atom is -0.411 e. The molecular formula is C11H15NO2. The van der Waals surface area contributed by atoms with Crippen LogP contribution in [0.1, 0.15) is 25.7 Å². The van der Waals surface area contributed by atoms with E-state index < -0.39 is 0 Å². The van der Waals surface area contributed by atoms with Crippen molar-refractivity contribution in [3.8, 4) is 0 Å². The molecule has 2 rings (SSSR count). The highest BCUT2D eigenvalue weighted by Crippen LogP contribution is 2.32. The van der Waals surface area contributed by atoms with Gasteiger partial charge in [0.25, 0.3) is 0 Å². The van der Waals surface area contributed by atoms with E-state index in [9.17, 15) is 0 Å². The van der Waals surface area contributed by atoms with Crippen LogP contribution < -0.4 is 0 Å².